The molecule has 2 aromatic rings. The summed E-state index contributed by atoms with van der Waals surface area (Å²) in [6, 6.07) is 15.2. The van der Waals surface area contributed by atoms with Gasteiger partial charge in [-0.3, -0.25) is 0 Å². The van der Waals surface area contributed by atoms with Gasteiger partial charge >= 0.3 is 0 Å². The lowest BCUT2D eigenvalue weighted by Gasteiger charge is -2.15. The Bertz CT molecular complexity index is 563. The molecule has 2 aromatic carbocycles. The summed E-state index contributed by atoms with van der Waals surface area (Å²) >= 11 is 0. The predicted molar refractivity (Wildman–Crippen MR) is 81.1 cm³/mol. The first-order valence-corrected chi connectivity index (χ1v) is 6.30. The third-order valence-corrected chi connectivity index (χ3v) is 2.92. The average molecular weight is 270 g/mol. The van der Waals surface area contributed by atoms with Crippen molar-refractivity contribution in [3.63, 3.8) is 0 Å². The molecule has 0 aromatic heterocycles. The molecule has 0 aliphatic rings. The van der Waals surface area contributed by atoms with E-state index in [9.17, 15) is 0 Å². The van der Waals surface area contributed by atoms with Gasteiger partial charge in [-0.05, 0) is 48.5 Å². The molecule has 0 bridgehead atoms. The summed E-state index contributed by atoms with van der Waals surface area (Å²) in [4.78, 5) is 1.95. The number of azo groups is 1. The van der Waals surface area contributed by atoms with Gasteiger partial charge in [0, 0.05) is 12.7 Å². The molecule has 20 heavy (non-hydrogen) atoms. The maximum atomic E-state index is 5.57. The van der Waals surface area contributed by atoms with Crippen molar-refractivity contribution in [3.8, 4) is 5.75 Å². The largest absolute Gasteiger partial charge is 0.497 e. The van der Waals surface area contributed by atoms with Crippen LogP contribution in [0.25, 0.3) is 0 Å². The summed E-state index contributed by atoms with van der Waals surface area (Å²) in [7, 11) is 3.57. The highest BCUT2D eigenvalue weighted by atomic mass is 16.5. The maximum absolute atomic E-state index is 5.57. The topological polar surface area (TPSA) is 63.2 Å². The molecular formula is C15H18N4O. The molecular weight excluding hydrogens is 252 g/mol. The standard InChI is InChI=1S/C15H18N4O/c1-19(11-16)14-7-3-12(4-8-14)17-18-13-5-9-15(20-2)10-6-13/h3-10H,11,16H2,1-2H3. The molecule has 104 valence electrons. The van der Waals surface area contributed by atoms with Gasteiger partial charge in [-0.2, -0.15) is 10.2 Å². The molecule has 0 amide bonds. The van der Waals surface area contributed by atoms with Crippen LogP contribution in [0, 0.1) is 0 Å². The molecule has 0 fully saturated rings. The van der Waals surface area contributed by atoms with Crippen LogP contribution < -0.4 is 15.4 Å². The summed E-state index contributed by atoms with van der Waals surface area (Å²) in [5.41, 5.74) is 8.21. The fourth-order valence-electron chi connectivity index (χ4n) is 1.64. The second-order valence-electron chi connectivity index (χ2n) is 4.29. The second-order valence-corrected chi connectivity index (χ2v) is 4.29. The Kier molecular flexibility index (Phi) is 4.68. The van der Waals surface area contributed by atoms with Crippen LogP contribution in [0.3, 0.4) is 0 Å². The van der Waals surface area contributed by atoms with Crippen LogP contribution in [0.1, 0.15) is 0 Å². The Hall–Kier alpha value is -2.40. The van der Waals surface area contributed by atoms with E-state index in [1.54, 1.807) is 7.11 Å². The van der Waals surface area contributed by atoms with Crippen LogP contribution in [0.5, 0.6) is 5.75 Å². The van der Waals surface area contributed by atoms with Gasteiger partial charge < -0.3 is 15.4 Å². The van der Waals surface area contributed by atoms with E-state index in [1.165, 1.54) is 0 Å². The van der Waals surface area contributed by atoms with Crippen molar-refractivity contribution in [3.05, 3.63) is 48.5 Å². The fraction of sp³-hybridized carbons (Fsp3) is 0.200. The van der Waals surface area contributed by atoms with Crippen LogP contribution >= 0.6 is 0 Å². The van der Waals surface area contributed by atoms with Crippen LogP contribution in [0.15, 0.2) is 58.8 Å². The Morgan fingerprint density at radius 2 is 1.45 bits per heavy atom. The fourth-order valence-corrected chi connectivity index (χ4v) is 1.64. The Morgan fingerprint density at radius 3 is 1.90 bits per heavy atom. The van der Waals surface area contributed by atoms with E-state index in [2.05, 4.69) is 10.2 Å². The monoisotopic (exact) mass is 270 g/mol. The molecule has 0 spiro atoms. The molecule has 2 rings (SSSR count). The number of anilines is 1. The first-order valence-electron chi connectivity index (χ1n) is 6.30. The van der Waals surface area contributed by atoms with Crippen molar-refractivity contribution in [2.75, 3.05) is 25.7 Å². The summed E-state index contributed by atoms with van der Waals surface area (Å²) in [6.07, 6.45) is 0. The SMILES string of the molecule is COc1ccc(N=Nc2ccc(N(C)CN)cc2)cc1. The summed E-state index contributed by atoms with van der Waals surface area (Å²) in [5, 5.41) is 8.37. The molecule has 0 aliphatic carbocycles. The van der Waals surface area contributed by atoms with E-state index in [0.717, 1.165) is 22.8 Å². The maximum Gasteiger partial charge on any atom is 0.119 e. The van der Waals surface area contributed by atoms with Crippen molar-refractivity contribution in [2.45, 2.75) is 0 Å². The first kappa shape index (κ1) is 14.0. The number of methoxy groups -OCH3 is 1. The molecule has 0 radical (unpaired) electrons. The minimum atomic E-state index is 0.479. The van der Waals surface area contributed by atoms with Gasteiger partial charge in [0.25, 0.3) is 0 Å². The Morgan fingerprint density at radius 1 is 0.950 bits per heavy atom. The molecule has 5 nitrogen and oxygen atoms in total. The minimum Gasteiger partial charge on any atom is -0.497 e. The lowest BCUT2D eigenvalue weighted by Crippen LogP contribution is -2.24. The summed E-state index contributed by atoms with van der Waals surface area (Å²) in [6.45, 7) is 0.479. The lowest BCUT2D eigenvalue weighted by atomic mass is 10.3. The van der Waals surface area contributed by atoms with Crippen LogP contribution in [0.4, 0.5) is 17.1 Å². The quantitative estimate of drug-likeness (QED) is 0.668. The number of ether oxygens (including phenoxy) is 1. The number of benzene rings is 2. The van der Waals surface area contributed by atoms with Crippen molar-refractivity contribution in [2.24, 2.45) is 16.0 Å². The summed E-state index contributed by atoms with van der Waals surface area (Å²) in [5.74, 6) is 0.804. The van der Waals surface area contributed by atoms with E-state index in [4.69, 9.17) is 10.5 Å². The molecule has 2 N–H and O–H groups in total. The van der Waals surface area contributed by atoms with E-state index in [1.807, 2.05) is 60.5 Å². The number of nitrogens with two attached hydrogens (primary N) is 1. The smallest absolute Gasteiger partial charge is 0.119 e. The zero-order valence-corrected chi connectivity index (χ0v) is 11.7. The van der Waals surface area contributed by atoms with Crippen LogP contribution in [-0.2, 0) is 0 Å². The first-order chi connectivity index (χ1) is 9.72. The van der Waals surface area contributed by atoms with E-state index in [-0.39, 0.29) is 0 Å². The van der Waals surface area contributed by atoms with E-state index >= 15 is 0 Å². The van der Waals surface area contributed by atoms with Crippen molar-refractivity contribution in [1.82, 2.24) is 0 Å². The van der Waals surface area contributed by atoms with Crippen molar-refractivity contribution >= 4 is 17.1 Å². The molecule has 0 aliphatic heterocycles. The molecule has 0 heterocycles. The van der Waals surface area contributed by atoms with Crippen LogP contribution in [0.2, 0.25) is 0 Å². The van der Waals surface area contributed by atoms with Gasteiger partial charge in [0.15, 0.2) is 0 Å². The van der Waals surface area contributed by atoms with Gasteiger partial charge in [0.1, 0.15) is 5.75 Å². The molecule has 0 atom stereocenters. The number of nitrogens with zero attached hydrogens (tertiary/aromatic N) is 3. The van der Waals surface area contributed by atoms with Gasteiger partial charge in [-0.15, -0.1) is 0 Å². The number of hydrogen-bond donors (Lipinski definition) is 1. The van der Waals surface area contributed by atoms with Gasteiger partial charge in [-0.25, -0.2) is 0 Å². The van der Waals surface area contributed by atoms with E-state index < -0.39 is 0 Å². The molecule has 0 saturated heterocycles. The minimum absolute atomic E-state index is 0.479. The van der Waals surface area contributed by atoms with Gasteiger partial charge in [0.2, 0.25) is 0 Å². The van der Waals surface area contributed by atoms with Gasteiger partial charge in [0.05, 0.1) is 25.2 Å². The number of hydrogen-bond acceptors (Lipinski definition) is 5. The third kappa shape index (κ3) is 3.55. The van der Waals surface area contributed by atoms with Crippen molar-refractivity contribution < 1.29 is 4.74 Å². The Labute approximate surface area is 118 Å². The second kappa shape index (κ2) is 6.68. The highest BCUT2D eigenvalue weighted by molar-refractivity contribution is 5.52. The Balaban J connectivity index is 2.06. The summed E-state index contributed by atoms with van der Waals surface area (Å²) < 4.78 is 5.09. The van der Waals surface area contributed by atoms with Gasteiger partial charge in [-0.1, -0.05) is 0 Å². The molecule has 0 saturated carbocycles. The normalized spacial score (nSPS) is 10.8. The molecule has 0 unspecified atom stereocenters. The average Bonchev–Trinajstić information content (AvgIpc) is 2.53. The highest BCUT2D eigenvalue weighted by Crippen LogP contribution is 2.22. The lowest BCUT2D eigenvalue weighted by molar-refractivity contribution is 0.415. The predicted octanol–water partition coefficient (Wildman–Crippen LogP) is 3.46. The molecule has 5 heteroatoms. The van der Waals surface area contributed by atoms with Crippen molar-refractivity contribution in [1.29, 1.82) is 0 Å². The zero-order valence-electron chi connectivity index (χ0n) is 11.7. The van der Waals surface area contributed by atoms with E-state index in [0.29, 0.717) is 6.67 Å². The van der Waals surface area contributed by atoms with Crippen LogP contribution in [-0.4, -0.2) is 20.8 Å². The third-order valence-electron chi connectivity index (χ3n) is 2.92. The number of rotatable bonds is 5. The zero-order chi connectivity index (χ0) is 14.4. The highest BCUT2D eigenvalue weighted by Gasteiger charge is 1.98.